The van der Waals surface area contributed by atoms with Crippen molar-refractivity contribution in [1.29, 1.82) is 0 Å². The lowest BCUT2D eigenvalue weighted by Gasteiger charge is -2.23. The third-order valence-corrected chi connectivity index (χ3v) is 4.15. The topological polar surface area (TPSA) is 58.4 Å². The summed E-state index contributed by atoms with van der Waals surface area (Å²) in [6.45, 7) is 4.56. The standard InChI is InChI=1S/C17H19F2N3O2/c1-10(2)14-9-16(24-21-14)15-4-3-7-22(15)17(23)20-13-6-5-11(18)8-12(13)19/h5-6,8-10,15H,3-4,7H2,1-2H3,(H,20,23). The number of benzene rings is 1. The maximum absolute atomic E-state index is 13.7. The van der Waals surface area contributed by atoms with Crippen LogP contribution >= 0.6 is 0 Å². The Balaban J connectivity index is 1.75. The van der Waals surface area contributed by atoms with E-state index in [0.29, 0.717) is 12.3 Å². The van der Waals surface area contributed by atoms with Gasteiger partial charge >= 0.3 is 6.03 Å². The summed E-state index contributed by atoms with van der Waals surface area (Å²) in [6, 6.07) is 4.24. The molecule has 1 atom stereocenters. The number of carbonyl (C=O) groups is 1. The smallest absolute Gasteiger partial charge is 0.322 e. The zero-order chi connectivity index (χ0) is 17.3. The lowest BCUT2D eigenvalue weighted by atomic mass is 10.1. The summed E-state index contributed by atoms with van der Waals surface area (Å²) >= 11 is 0. The van der Waals surface area contributed by atoms with Gasteiger partial charge in [0.2, 0.25) is 0 Å². The van der Waals surface area contributed by atoms with Crippen LogP contribution in [0.15, 0.2) is 28.8 Å². The van der Waals surface area contributed by atoms with Gasteiger partial charge in [0.05, 0.1) is 17.4 Å². The van der Waals surface area contributed by atoms with Crippen LogP contribution in [0.3, 0.4) is 0 Å². The molecule has 0 spiro atoms. The van der Waals surface area contributed by atoms with E-state index in [9.17, 15) is 13.6 Å². The Hall–Kier alpha value is -2.44. The number of likely N-dealkylation sites (tertiary alicyclic amines) is 1. The number of carbonyl (C=O) groups excluding carboxylic acids is 1. The van der Waals surface area contributed by atoms with E-state index in [2.05, 4.69) is 10.5 Å². The molecule has 2 aromatic rings. The fourth-order valence-corrected chi connectivity index (χ4v) is 2.82. The SMILES string of the molecule is CC(C)c1cc(C2CCCN2C(=O)Nc2ccc(F)cc2F)on1. The summed E-state index contributed by atoms with van der Waals surface area (Å²) in [5.41, 5.74) is 0.786. The molecule has 0 saturated carbocycles. The first-order chi connectivity index (χ1) is 11.5. The van der Waals surface area contributed by atoms with Crippen LogP contribution in [0.4, 0.5) is 19.3 Å². The quantitative estimate of drug-likeness (QED) is 0.902. The molecule has 5 nitrogen and oxygen atoms in total. The number of anilines is 1. The Morgan fingerprint density at radius 2 is 2.17 bits per heavy atom. The van der Waals surface area contributed by atoms with Gasteiger partial charge in [0.1, 0.15) is 11.6 Å². The second-order valence-corrected chi connectivity index (χ2v) is 6.21. The van der Waals surface area contributed by atoms with Crippen LogP contribution in [-0.4, -0.2) is 22.6 Å². The summed E-state index contributed by atoms with van der Waals surface area (Å²) in [6.07, 6.45) is 1.58. The van der Waals surface area contributed by atoms with Gasteiger partial charge in [0, 0.05) is 18.7 Å². The Morgan fingerprint density at radius 3 is 2.83 bits per heavy atom. The van der Waals surface area contributed by atoms with E-state index >= 15 is 0 Å². The maximum atomic E-state index is 13.7. The predicted molar refractivity (Wildman–Crippen MR) is 84.6 cm³/mol. The highest BCUT2D eigenvalue weighted by atomic mass is 19.1. The monoisotopic (exact) mass is 335 g/mol. The second-order valence-electron chi connectivity index (χ2n) is 6.21. The van der Waals surface area contributed by atoms with E-state index in [0.717, 1.165) is 30.7 Å². The third kappa shape index (κ3) is 3.25. The molecule has 1 fully saturated rings. The van der Waals surface area contributed by atoms with Crippen LogP contribution < -0.4 is 5.32 Å². The van der Waals surface area contributed by atoms with E-state index < -0.39 is 17.7 Å². The molecule has 1 aliphatic rings. The van der Waals surface area contributed by atoms with Gasteiger partial charge in [-0.1, -0.05) is 19.0 Å². The van der Waals surface area contributed by atoms with E-state index in [1.165, 1.54) is 6.07 Å². The number of hydrogen-bond acceptors (Lipinski definition) is 3. The first kappa shape index (κ1) is 16.4. The lowest BCUT2D eigenvalue weighted by Crippen LogP contribution is -2.34. The van der Waals surface area contributed by atoms with Crippen LogP contribution in [0.1, 0.15) is 50.1 Å². The Morgan fingerprint density at radius 1 is 1.38 bits per heavy atom. The molecule has 1 N–H and O–H groups in total. The van der Waals surface area contributed by atoms with Crippen molar-refractivity contribution in [2.24, 2.45) is 0 Å². The number of nitrogens with zero attached hydrogens (tertiary/aromatic N) is 2. The number of aromatic nitrogens is 1. The predicted octanol–water partition coefficient (Wildman–Crippen LogP) is 4.45. The van der Waals surface area contributed by atoms with Crippen LogP contribution in [0.25, 0.3) is 0 Å². The maximum Gasteiger partial charge on any atom is 0.322 e. The van der Waals surface area contributed by atoms with Gasteiger partial charge in [-0.25, -0.2) is 13.6 Å². The molecule has 1 saturated heterocycles. The number of hydrogen-bond donors (Lipinski definition) is 1. The molecule has 3 rings (SSSR count). The van der Waals surface area contributed by atoms with Gasteiger partial charge in [0.15, 0.2) is 5.76 Å². The lowest BCUT2D eigenvalue weighted by molar-refractivity contribution is 0.195. The molecular weight excluding hydrogens is 316 g/mol. The van der Waals surface area contributed by atoms with Crippen LogP contribution in [0, 0.1) is 11.6 Å². The first-order valence-corrected chi connectivity index (χ1v) is 7.95. The zero-order valence-corrected chi connectivity index (χ0v) is 13.6. The molecule has 1 aromatic heterocycles. The van der Waals surface area contributed by atoms with E-state index in [4.69, 9.17) is 4.52 Å². The Labute approximate surface area is 138 Å². The largest absolute Gasteiger partial charge is 0.359 e. The van der Waals surface area contributed by atoms with E-state index in [1.807, 2.05) is 19.9 Å². The van der Waals surface area contributed by atoms with Crippen LogP contribution in [0.2, 0.25) is 0 Å². The molecule has 1 aliphatic heterocycles. The summed E-state index contributed by atoms with van der Waals surface area (Å²) in [5.74, 6) is -0.626. The highest BCUT2D eigenvalue weighted by Crippen LogP contribution is 2.33. The summed E-state index contributed by atoms with van der Waals surface area (Å²) < 4.78 is 32.0. The zero-order valence-electron chi connectivity index (χ0n) is 13.6. The molecule has 0 radical (unpaired) electrons. The van der Waals surface area contributed by atoms with Crippen molar-refractivity contribution in [3.8, 4) is 0 Å². The van der Waals surface area contributed by atoms with Gasteiger partial charge < -0.3 is 14.7 Å². The molecule has 128 valence electrons. The highest BCUT2D eigenvalue weighted by Gasteiger charge is 2.33. The minimum absolute atomic E-state index is 0.0486. The fourth-order valence-electron chi connectivity index (χ4n) is 2.82. The number of halogens is 2. The van der Waals surface area contributed by atoms with Crippen molar-refractivity contribution in [3.63, 3.8) is 0 Å². The molecule has 1 aromatic carbocycles. The number of nitrogens with one attached hydrogen (secondary N) is 1. The Bertz CT molecular complexity index is 745. The third-order valence-electron chi connectivity index (χ3n) is 4.15. The molecule has 0 bridgehead atoms. The average Bonchev–Trinajstić information content (AvgIpc) is 3.17. The minimum atomic E-state index is -0.805. The molecule has 0 aliphatic carbocycles. The van der Waals surface area contributed by atoms with Crippen molar-refractivity contribution >= 4 is 11.7 Å². The van der Waals surface area contributed by atoms with Crippen molar-refractivity contribution in [3.05, 3.63) is 47.4 Å². The Kier molecular flexibility index (Phi) is 4.51. The van der Waals surface area contributed by atoms with Gasteiger partial charge in [-0.05, 0) is 30.9 Å². The average molecular weight is 335 g/mol. The molecule has 24 heavy (non-hydrogen) atoms. The summed E-state index contributed by atoms with van der Waals surface area (Å²) in [7, 11) is 0. The molecule has 2 heterocycles. The van der Waals surface area contributed by atoms with Crippen LogP contribution in [-0.2, 0) is 0 Å². The number of amides is 2. The number of urea groups is 1. The minimum Gasteiger partial charge on any atom is -0.359 e. The van der Waals surface area contributed by atoms with Crippen LogP contribution in [0.5, 0.6) is 0 Å². The highest BCUT2D eigenvalue weighted by molar-refractivity contribution is 5.89. The van der Waals surface area contributed by atoms with Crippen molar-refractivity contribution in [1.82, 2.24) is 10.1 Å². The van der Waals surface area contributed by atoms with Crippen molar-refractivity contribution in [2.45, 2.75) is 38.6 Å². The van der Waals surface area contributed by atoms with E-state index in [1.54, 1.807) is 4.90 Å². The molecule has 1 unspecified atom stereocenters. The summed E-state index contributed by atoms with van der Waals surface area (Å²) in [5, 5.41) is 6.52. The second kappa shape index (κ2) is 6.59. The van der Waals surface area contributed by atoms with E-state index in [-0.39, 0.29) is 17.6 Å². The summed E-state index contributed by atoms with van der Waals surface area (Å²) in [4.78, 5) is 14.1. The normalized spacial score (nSPS) is 17.5. The van der Waals surface area contributed by atoms with Gasteiger partial charge in [0.25, 0.3) is 0 Å². The van der Waals surface area contributed by atoms with Crippen molar-refractivity contribution in [2.75, 3.05) is 11.9 Å². The van der Waals surface area contributed by atoms with Gasteiger partial charge in [-0.2, -0.15) is 0 Å². The van der Waals surface area contributed by atoms with Crippen molar-refractivity contribution < 1.29 is 18.1 Å². The molecule has 2 amide bonds. The molecular formula is C17H19F2N3O2. The number of rotatable bonds is 3. The van der Waals surface area contributed by atoms with Gasteiger partial charge in [-0.15, -0.1) is 0 Å². The first-order valence-electron chi connectivity index (χ1n) is 7.95. The fraction of sp³-hybridized carbons (Fsp3) is 0.412. The molecule has 7 heteroatoms. The van der Waals surface area contributed by atoms with Gasteiger partial charge in [-0.3, -0.25) is 0 Å².